The van der Waals surface area contributed by atoms with Crippen molar-refractivity contribution in [2.75, 3.05) is 32.7 Å². The zero-order valence-electron chi connectivity index (χ0n) is 15.9. The fourth-order valence-electron chi connectivity index (χ4n) is 3.09. The molecule has 1 fully saturated rings. The number of benzene rings is 2. The van der Waals surface area contributed by atoms with Gasteiger partial charge >= 0.3 is 0 Å². The van der Waals surface area contributed by atoms with E-state index in [0.29, 0.717) is 12.3 Å². The first-order valence-corrected chi connectivity index (χ1v) is 9.65. The molecule has 1 N–H and O–H groups in total. The van der Waals surface area contributed by atoms with Gasteiger partial charge in [-0.3, -0.25) is 14.6 Å². The second-order valence-corrected chi connectivity index (χ2v) is 7.35. The predicted octanol–water partition coefficient (Wildman–Crippen LogP) is 3.14. The molecule has 0 saturated carbocycles. The van der Waals surface area contributed by atoms with E-state index in [4.69, 9.17) is 11.6 Å². The summed E-state index contributed by atoms with van der Waals surface area (Å²) in [7, 11) is 0. The van der Waals surface area contributed by atoms with E-state index < -0.39 is 0 Å². The van der Waals surface area contributed by atoms with Crippen LogP contribution in [0.4, 0.5) is 4.39 Å². The van der Waals surface area contributed by atoms with Crippen molar-refractivity contribution >= 4 is 23.2 Å². The Bertz CT molecular complexity index is 815. The molecule has 0 bridgehead atoms. The summed E-state index contributed by atoms with van der Waals surface area (Å²) in [6.07, 6.45) is 0. The molecule has 1 saturated heterocycles. The first-order valence-electron chi connectivity index (χ1n) is 9.28. The van der Waals surface area contributed by atoms with Crippen molar-refractivity contribution < 1.29 is 9.18 Å². The number of carbonyl (C=O) groups is 1. The van der Waals surface area contributed by atoms with Gasteiger partial charge in [0.25, 0.3) is 5.91 Å². The molecule has 1 aliphatic heterocycles. The predicted molar refractivity (Wildman–Crippen MR) is 110 cm³/mol. The average molecular weight is 403 g/mol. The number of hydrogen-bond acceptors (Lipinski definition) is 4. The van der Waals surface area contributed by atoms with Crippen LogP contribution in [0, 0.1) is 5.82 Å². The van der Waals surface area contributed by atoms with Crippen molar-refractivity contribution in [1.29, 1.82) is 0 Å². The van der Waals surface area contributed by atoms with Gasteiger partial charge in [-0.1, -0.05) is 35.9 Å². The van der Waals surface area contributed by atoms with Crippen LogP contribution in [0.15, 0.2) is 53.6 Å². The molecule has 148 valence electrons. The number of rotatable bonds is 6. The van der Waals surface area contributed by atoms with Gasteiger partial charge in [-0.25, -0.2) is 9.82 Å². The molecule has 0 aromatic heterocycles. The van der Waals surface area contributed by atoms with Gasteiger partial charge in [0.05, 0.1) is 12.3 Å². The Morgan fingerprint density at radius 1 is 1.04 bits per heavy atom. The van der Waals surface area contributed by atoms with Crippen molar-refractivity contribution in [3.8, 4) is 0 Å². The molecule has 1 amide bonds. The van der Waals surface area contributed by atoms with E-state index in [0.717, 1.165) is 43.3 Å². The minimum absolute atomic E-state index is 0.146. The fraction of sp³-hybridized carbons (Fsp3) is 0.333. The number of nitrogens with zero attached hydrogens (tertiary/aromatic N) is 3. The highest BCUT2D eigenvalue weighted by Crippen LogP contribution is 2.13. The first-order chi connectivity index (χ1) is 13.5. The second-order valence-electron chi connectivity index (χ2n) is 6.92. The van der Waals surface area contributed by atoms with Crippen molar-refractivity contribution in [3.05, 3.63) is 70.5 Å². The van der Waals surface area contributed by atoms with Crippen LogP contribution in [-0.4, -0.2) is 54.1 Å². The lowest BCUT2D eigenvalue weighted by Gasteiger charge is -2.34. The van der Waals surface area contributed by atoms with Gasteiger partial charge in [0.2, 0.25) is 0 Å². The maximum atomic E-state index is 13.0. The molecule has 3 rings (SSSR count). The Hall–Kier alpha value is -2.28. The molecule has 7 heteroatoms. The van der Waals surface area contributed by atoms with Crippen LogP contribution in [0.2, 0.25) is 5.02 Å². The monoisotopic (exact) mass is 402 g/mol. The molecule has 0 spiro atoms. The van der Waals surface area contributed by atoms with E-state index in [1.54, 1.807) is 19.1 Å². The molecule has 0 aliphatic carbocycles. The van der Waals surface area contributed by atoms with Gasteiger partial charge < -0.3 is 0 Å². The van der Waals surface area contributed by atoms with Gasteiger partial charge in [-0.2, -0.15) is 5.10 Å². The molecule has 1 aliphatic rings. The van der Waals surface area contributed by atoms with Gasteiger partial charge in [0.15, 0.2) is 0 Å². The van der Waals surface area contributed by atoms with E-state index in [1.165, 1.54) is 17.7 Å². The maximum absolute atomic E-state index is 13.0. The number of carbonyl (C=O) groups excluding carboxylic acids is 1. The van der Waals surface area contributed by atoms with E-state index in [1.807, 2.05) is 24.3 Å². The summed E-state index contributed by atoms with van der Waals surface area (Å²) in [5.74, 6) is -0.441. The number of piperazine rings is 1. The van der Waals surface area contributed by atoms with Crippen molar-refractivity contribution in [1.82, 2.24) is 15.2 Å². The van der Waals surface area contributed by atoms with E-state index >= 15 is 0 Å². The zero-order chi connectivity index (χ0) is 19.9. The van der Waals surface area contributed by atoms with Crippen molar-refractivity contribution in [3.63, 3.8) is 0 Å². The minimum atomic E-state index is -0.296. The molecule has 2 aromatic carbocycles. The summed E-state index contributed by atoms with van der Waals surface area (Å²) in [6.45, 7) is 6.47. The third kappa shape index (κ3) is 6.12. The lowest BCUT2D eigenvalue weighted by Crippen LogP contribution is -2.48. The van der Waals surface area contributed by atoms with Crippen LogP contribution in [0.3, 0.4) is 0 Å². The molecule has 0 radical (unpaired) electrons. The van der Waals surface area contributed by atoms with Crippen LogP contribution in [0.25, 0.3) is 0 Å². The third-order valence-electron chi connectivity index (χ3n) is 4.76. The van der Waals surface area contributed by atoms with Crippen LogP contribution in [0.5, 0.6) is 0 Å². The lowest BCUT2D eigenvalue weighted by molar-refractivity contribution is -0.122. The van der Waals surface area contributed by atoms with E-state index in [9.17, 15) is 9.18 Å². The fourth-order valence-corrected chi connectivity index (χ4v) is 3.22. The zero-order valence-corrected chi connectivity index (χ0v) is 16.6. The van der Waals surface area contributed by atoms with Crippen LogP contribution >= 0.6 is 11.6 Å². The molecule has 0 atom stereocenters. The molecule has 5 nitrogen and oxygen atoms in total. The molecular formula is C21H24ClFN4O. The highest BCUT2D eigenvalue weighted by molar-refractivity contribution is 6.30. The topological polar surface area (TPSA) is 47.9 Å². The quantitative estimate of drug-likeness (QED) is 0.596. The van der Waals surface area contributed by atoms with Crippen LogP contribution in [0.1, 0.15) is 18.1 Å². The summed E-state index contributed by atoms with van der Waals surface area (Å²) in [5.41, 5.74) is 5.24. The van der Waals surface area contributed by atoms with E-state index in [-0.39, 0.29) is 11.7 Å². The van der Waals surface area contributed by atoms with Crippen LogP contribution < -0.4 is 5.43 Å². The van der Waals surface area contributed by atoms with Gasteiger partial charge in [0.1, 0.15) is 5.82 Å². The SMILES string of the molecule is CC(=NNC(=O)CN1CCN(Cc2ccc(Cl)cc2)CC1)c1ccc(F)cc1. The van der Waals surface area contributed by atoms with Gasteiger partial charge in [-0.15, -0.1) is 0 Å². The molecule has 28 heavy (non-hydrogen) atoms. The Morgan fingerprint density at radius 3 is 2.29 bits per heavy atom. The molecule has 1 heterocycles. The van der Waals surface area contributed by atoms with Crippen LogP contribution in [-0.2, 0) is 11.3 Å². The Morgan fingerprint density at radius 2 is 1.64 bits per heavy atom. The largest absolute Gasteiger partial charge is 0.297 e. The number of hydrazone groups is 1. The maximum Gasteiger partial charge on any atom is 0.254 e. The van der Waals surface area contributed by atoms with Crippen molar-refractivity contribution in [2.45, 2.75) is 13.5 Å². The van der Waals surface area contributed by atoms with Crippen molar-refractivity contribution in [2.24, 2.45) is 5.10 Å². The standard InChI is InChI=1S/C21H24ClFN4O/c1-16(18-4-8-20(23)9-5-18)24-25-21(28)15-27-12-10-26(11-13-27)14-17-2-6-19(22)7-3-17/h2-9H,10-15H2,1H3,(H,25,28). The first kappa shape index (κ1) is 20.5. The minimum Gasteiger partial charge on any atom is -0.297 e. The van der Waals surface area contributed by atoms with Gasteiger partial charge in [-0.05, 0) is 42.3 Å². The van der Waals surface area contributed by atoms with Gasteiger partial charge in [0, 0.05) is 37.7 Å². The summed E-state index contributed by atoms with van der Waals surface area (Å²) >= 11 is 5.93. The molecular weight excluding hydrogens is 379 g/mol. The Kier molecular flexibility index (Phi) is 7.14. The number of nitrogens with one attached hydrogen (secondary N) is 1. The number of halogens is 2. The third-order valence-corrected chi connectivity index (χ3v) is 5.01. The number of hydrogen-bond donors (Lipinski definition) is 1. The van der Waals surface area contributed by atoms with E-state index in [2.05, 4.69) is 20.3 Å². The summed E-state index contributed by atoms with van der Waals surface area (Å²) in [5, 5.41) is 4.86. The summed E-state index contributed by atoms with van der Waals surface area (Å²) < 4.78 is 13.0. The smallest absolute Gasteiger partial charge is 0.254 e. The average Bonchev–Trinajstić information content (AvgIpc) is 2.70. The second kappa shape index (κ2) is 9.78. The summed E-state index contributed by atoms with van der Waals surface area (Å²) in [6, 6.07) is 13.9. The summed E-state index contributed by atoms with van der Waals surface area (Å²) in [4.78, 5) is 16.7. The Balaban J connectivity index is 1.41. The lowest BCUT2D eigenvalue weighted by atomic mass is 10.1. The Labute approximate surface area is 169 Å². The molecule has 2 aromatic rings. The highest BCUT2D eigenvalue weighted by Gasteiger charge is 2.19. The highest BCUT2D eigenvalue weighted by atomic mass is 35.5. The molecule has 0 unspecified atom stereocenters. The number of amides is 1. The normalized spacial score (nSPS) is 16.2.